The number of aromatic nitrogens is 2. The highest BCUT2D eigenvalue weighted by Crippen LogP contribution is 2.42. The molecule has 2 atom stereocenters. The predicted molar refractivity (Wildman–Crippen MR) is 105 cm³/mol. The summed E-state index contributed by atoms with van der Waals surface area (Å²) in [6, 6.07) is 0. The minimum Gasteiger partial charge on any atom is -0.480 e. The Hall–Kier alpha value is -1.51. The quantitative estimate of drug-likeness (QED) is 0.567. The summed E-state index contributed by atoms with van der Waals surface area (Å²) < 4.78 is 6.31. The molecule has 0 saturated heterocycles. The van der Waals surface area contributed by atoms with E-state index in [0.29, 0.717) is 5.69 Å². The third-order valence-electron chi connectivity index (χ3n) is 5.87. The van der Waals surface area contributed by atoms with Crippen molar-refractivity contribution in [3.05, 3.63) is 22.7 Å². The van der Waals surface area contributed by atoms with E-state index in [4.69, 9.17) is 16.0 Å². The number of halogens is 1. The lowest BCUT2D eigenvalue weighted by molar-refractivity contribution is -0.152. The van der Waals surface area contributed by atoms with E-state index in [9.17, 15) is 14.7 Å². The van der Waals surface area contributed by atoms with Crippen molar-refractivity contribution in [1.82, 2.24) is 15.3 Å². The van der Waals surface area contributed by atoms with Gasteiger partial charge in [0.25, 0.3) is 0 Å². The summed E-state index contributed by atoms with van der Waals surface area (Å²) in [6.07, 6.45) is 1.40. The molecule has 1 aliphatic heterocycles. The number of rotatable bonds is 5. The van der Waals surface area contributed by atoms with Gasteiger partial charge >= 0.3 is 5.97 Å². The van der Waals surface area contributed by atoms with E-state index in [-0.39, 0.29) is 28.9 Å². The minimum atomic E-state index is -2.10. The molecule has 0 radical (unpaired) electrons. The Morgan fingerprint density at radius 1 is 1.37 bits per heavy atom. The molecule has 0 fully saturated rings. The van der Waals surface area contributed by atoms with E-state index in [1.165, 1.54) is 6.20 Å². The second-order valence-corrected chi connectivity index (χ2v) is 14.0. The molecular formula is C18H28ClN3O4Si. The van der Waals surface area contributed by atoms with Crippen molar-refractivity contribution in [2.75, 3.05) is 6.61 Å². The van der Waals surface area contributed by atoms with Gasteiger partial charge in [-0.3, -0.25) is 14.6 Å². The fraction of sp³-hybridized carbons (Fsp3) is 0.667. The van der Waals surface area contributed by atoms with Crippen LogP contribution in [0, 0.1) is 0 Å². The fourth-order valence-corrected chi connectivity index (χ4v) is 4.13. The number of nitrogens with zero attached hydrogens (tertiary/aromatic N) is 2. The molecule has 1 aromatic rings. The Balaban J connectivity index is 2.56. The molecule has 1 amide bonds. The van der Waals surface area contributed by atoms with Gasteiger partial charge in [0.1, 0.15) is 10.7 Å². The number of carboxylic acid groups (broad SMARTS) is 1. The zero-order valence-electron chi connectivity index (χ0n) is 16.9. The Kier molecular flexibility index (Phi) is 5.51. The highest BCUT2D eigenvalue weighted by atomic mass is 35.5. The monoisotopic (exact) mass is 413 g/mol. The van der Waals surface area contributed by atoms with Crippen molar-refractivity contribution in [3.8, 4) is 0 Å². The van der Waals surface area contributed by atoms with Gasteiger partial charge < -0.3 is 14.8 Å². The Morgan fingerprint density at radius 3 is 2.44 bits per heavy atom. The molecular weight excluding hydrogens is 386 g/mol. The average molecular weight is 414 g/mol. The van der Waals surface area contributed by atoms with E-state index in [1.807, 2.05) is 0 Å². The molecule has 0 aliphatic carbocycles. The second kappa shape index (κ2) is 6.83. The number of amides is 1. The molecule has 7 nitrogen and oxygen atoms in total. The van der Waals surface area contributed by atoms with Crippen LogP contribution in [0.15, 0.2) is 6.20 Å². The van der Waals surface area contributed by atoms with Crippen molar-refractivity contribution in [2.45, 2.75) is 70.1 Å². The van der Waals surface area contributed by atoms with Gasteiger partial charge in [-0.05, 0) is 31.5 Å². The summed E-state index contributed by atoms with van der Waals surface area (Å²) in [4.78, 5) is 33.6. The molecule has 0 aromatic carbocycles. The van der Waals surface area contributed by atoms with Gasteiger partial charge in [-0.15, -0.1) is 0 Å². The van der Waals surface area contributed by atoms with Gasteiger partial charge in [0.15, 0.2) is 13.7 Å². The van der Waals surface area contributed by atoms with Crippen LogP contribution in [-0.4, -0.2) is 41.9 Å². The van der Waals surface area contributed by atoms with Crippen LogP contribution in [0.1, 0.15) is 52.4 Å². The largest absolute Gasteiger partial charge is 0.480 e. The fourth-order valence-electron chi connectivity index (χ4n) is 2.92. The molecule has 150 valence electrons. The van der Waals surface area contributed by atoms with Gasteiger partial charge in [-0.25, -0.2) is 4.98 Å². The van der Waals surface area contributed by atoms with Gasteiger partial charge in [0.05, 0.1) is 24.2 Å². The van der Waals surface area contributed by atoms with Gasteiger partial charge in [-0.1, -0.05) is 39.3 Å². The summed E-state index contributed by atoms with van der Waals surface area (Å²) in [5.41, 5.74) is -2.33. The van der Waals surface area contributed by atoms with E-state index >= 15 is 0 Å². The highest BCUT2D eigenvalue weighted by molar-refractivity contribution is 6.74. The van der Waals surface area contributed by atoms with Crippen LogP contribution in [0.4, 0.5) is 0 Å². The lowest BCUT2D eigenvalue weighted by atomic mass is 9.72. The molecule has 2 rings (SSSR count). The van der Waals surface area contributed by atoms with E-state index in [1.54, 1.807) is 13.8 Å². The Labute approximate surface area is 166 Å². The standard InChI is InChI=1S/C18H28ClN3O4Si/c1-8-18(15(24)25)13-12(20-9-11(19)21-13)17(5,22-14(18)23)10-26-27(6,7)16(2,3)4/h9H,8,10H2,1-7H3,(H,22,23)(H,24,25). The lowest BCUT2D eigenvalue weighted by Gasteiger charge is -2.44. The Morgan fingerprint density at radius 2 is 1.96 bits per heavy atom. The minimum absolute atomic E-state index is 0.00915. The van der Waals surface area contributed by atoms with Crippen LogP contribution in [0.2, 0.25) is 23.3 Å². The van der Waals surface area contributed by atoms with Crippen LogP contribution in [0.25, 0.3) is 0 Å². The molecule has 1 aliphatic rings. The van der Waals surface area contributed by atoms with Crippen molar-refractivity contribution in [3.63, 3.8) is 0 Å². The zero-order chi connectivity index (χ0) is 20.8. The number of hydrogen-bond donors (Lipinski definition) is 2. The predicted octanol–water partition coefficient (Wildman–Crippen LogP) is 3.23. The molecule has 2 heterocycles. The van der Waals surface area contributed by atoms with Crippen molar-refractivity contribution >= 4 is 31.8 Å². The van der Waals surface area contributed by atoms with Crippen molar-refractivity contribution < 1.29 is 19.1 Å². The van der Waals surface area contributed by atoms with Crippen LogP contribution < -0.4 is 5.32 Å². The molecule has 9 heteroatoms. The first-order valence-electron chi connectivity index (χ1n) is 8.95. The molecule has 2 unspecified atom stereocenters. The van der Waals surface area contributed by atoms with Gasteiger partial charge in [0, 0.05) is 0 Å². The molecule has 0 bridgehead atoms. The highest BCUT2D eigenvalue weighted by Gasteiger charge is 2.57. The summed E-state index contributed by atoms with van der Waals surface area (Å²) in [5, 5.41) is 12.7. The normalized spacial score (nSPS) is 25.7. The zero-order valence-corrected chi connectivity index (χ0v) is 18.7. The summed E-state index contributed by atoms with van der Waals surface area (Å²) in [6.45, 7) is 14.2. The summed E-state index contributed by atoms with van der Waals surface area (Å²) in [7, 11) is -2.10. The van der Waals surface area contributed by atoms with E-state index < -0.39 is 31.1 Å². The molecule has 0 spiro atoms. The second-order valence-electron chi connectivity index (χ2n) is 8.79. The number of carbonyl (C=O) groups excluding carboxylic acids is 1. The third-order valence-corrected chi connectivity index (χ3v) is 10.5. The van der Waals surface area contributed by atoms with Gasteiger partial charge in [0.2, 0.25) is 5.91 Å². The number of aliphatic carboxylic acids is 1. The summed E-state index contributed by atoms with van der Waals surface area (Å²) >= 11 is 5.99. The van der Waals surface area contributed by atoms with E-state index in [2.05, 4.69) is 49.1 Å². The maximum Gasteiger partial charge on any atom is 0.325 e. The molecule has 2 N–H and O–H groups in total. The molecule has 0 saturated carbocycles. The first-order valence-corrected chi connectivity index (χ1v) is 12.2. The number of nitrogens with one attached hydrogen (secondary N) is 1. The Bertz CT molecular complexity index is 780. The van der Waals surface area contributed by atoms with Crippen LogP contribution in [-0.2, 0) is 25.0 Å². The number of fused-ring (bicyclic) bond motifs is 1. The molecule has 1 aromatic heterocycles. The smallest absolute Gasteiger partial charge is 0.325 e. The first kappa shape index (κ1) is 21.8. The number of carbonyl (C=O) groups is 2. The maximum atomic E-state index is 13.0. The van der Waals surface area contributed by atoms with Crippen LogP contribution in [0.3, 0.4) is 0 Å². The summed E-state index contributed by atoms with van der Waals surface area (Å²) in [5.74, 6) is -1.89. The van der Waals surface area contributed by atoms with Crippen LogP contribution in [0.5, 0.6) is 0 Å². The topological polar surface area (TPSA) is 101 Å². The SMILES string of the molecule is CCC1(C(=O)O)C(=O)NC(C)(CO[Si](C)(C)C(C)(C)C)c2ncc(Cl)nc21. The average Bonchev–Trinajstić information content (AvgIpc) is 2.52. The lowest BCUT2D eigenvalue weighted by Crippen LogP contribution is -2.63. The van der Waals surface area contributed by atoms with E-state index in [0.717, 1.165) is 0 Å². The van der Waals surface area contributed by atoms with Crippen molar-refractivity contribution in [2.24, 2.45) is 0 Å². The van der Waals surface area contributed by atoms with Crippen molar-refractivity contribution in [1.29, 1.82) is 0 Å². The number of carboxylic acids is 1. The first-order chi connectivity index (χ1) is 12.2. The number of hydrogen-bond acceptors (Lipinski definition) is 5. The third kappa shape index (κ3) is 3.50. The van der Waals surface area contributed by atoms with Gasteiger partial charge in [-0.2, -0.15) is 0 Å². The maximum absolute atomic E-state index is 13.0. The van der Waals surface area contributed by atoms with Crippen LogP contribution >= 0.6 is 11.6 Å². The molecule has 27 heavy (non-hydrogen) atoms.